The first-order chi connectivity index (χ1) is 11.4. The summed E-state index contributed by atoms with van der Waals surface area (Å²) in [5.74, 6) is -0.332. The van der Waals surface area contributed by atoms with Crippen LogP contribution in [0.2, 0.25) is 0 Å². The van der Waals surface area contributed by atoms with Crippen molar-refractivity contribution in [3.8, 4) is 0 Å². The van der Waals surface area contributed by atoms with Crippen molar-refractivity contribution in [3.05, 3.63) is 58.7 Å². The molecular weight excluding hydrogens is 300 g/mol. The van der Waals surface area contributed by atoms with Gasteiger partial charge in [0.2, 0.25) is 5.91 Å². The van der Waals surface area contributed by atoms with E-state index < -0.39 is 6.04 Å². The second-order valence-corrected chi connectivity index (χ2v) is 6.48. The highest BCUT2D eigenvalue weighted by atomic mass is 16.2. The van der Waals surface area contributed by atoms with Gasteiger partial charge in [0.05, 0.1) is 12.1 Å². The van der Waals surface area contributed by atoms with E-state index in [0.717, 1.165) is 33.6 Å². The molecule has 1 atom stereocenters. The predicted octanol–water partition coefficient (Wildman–Crippen LogP) is 3.66. The highest BCUT2D eigenvalue weighted by molar-refractivity contribution is 6.23. The van der Waals surface area contributed by atoms with Crippen LogP contribution in [0.5, 0.6) is 0 Å². The highest BCUT2D eigenvalue weighted by Gasteiger charge is 2.40. The van der Waals surface area contributed by atoms with Crippen LogP contribution in [0.1, 0.15) is 28.7 Å². The zero-order valence-electron chi connectivity index (χ0n) is 14.5. The summed E-state index contributed by atoms with van der Waals surface area (Å²) in [5, 5.41) is 3.28. The van der Waals surface area contributed by atoms with Crippen LogP contribution >= 0.6 is 0 Å². The standard InChI is InChI=1S/C20H22N2O2/c1-12-7-5-8-13(2)18(12)21-16-11-17(23)22(20(16)24)19-14(3)9-6-10-15(19)4/h5-10,16,21H,11H2,1-4H3. The number of para-hydroxylation sites is 2. The number of aryl methyl sites for hydroxylation is 4. The molecule has 0 aromatic heterocycles. The van der Waals surface area contributed by atoms with Crippen LogP contribution in [-0.2, 0) is 9.59 Å². The molecule has 24 heavy (non-hydrogen) atoms. The van der Waals surface area contributed by atoms with E-state index in [1.165, 1.54) is 4.90 Å². The van der Waals surface area contributed by atoms with E-state index in [0.29, 0.717) is 0 Å². The fourth-order valence-electron chi connectivity index (χ4n) is 3.35. The lowest BCUT2D eigenvalue weighted by atomic mass is 10.1. The molecule has 0 bridgehead atoms. The largest absolute Gasteiger partial charge is 0.373 e. The minimum atomic E-state index is -0.517. The minimum absolute atomic E-state index is 0.152. The van der Waals surface area contributed by atoms with Crippen molar-refractivity contribution in [1.82, 2.24) is 0 Å². The van der Waals surface area contributed by atoms with Crippen LogP contribution in [-0.4, -0.2) is 17.9 Å². The average Bonchev–Trinajstić information content (AvgIpc) is 2.78. The van der Waals surface area contributed by atoms with E-state index >= 15 is 0 Å². The van der Waals surface area contributed by atoms with Gasteiger partial charge in [-0.25, -0.2) is 4.90 Å². The molecule has 2 aromatic rings. The fourth-order valence-corrected chi connectivity index (χ4v) is 3.35. The normalized spacial score (nSPS) is 17.5. The van der Waals surface area contributed by atoms with Gasteiger partial charge in [-0.2, -0.15) is 0 Å². The second-order valence-electron chi connectivity index (χ2n) is 6.48. The third-order valence-electron chi connectivity index (χ3n) is 4.61. The Kier molecular flexibility index (Phi) is 4.14. The van der Waals surface area contributed by atoms with Crippen molar-refractivity contribution in [3.63, 3.8) is 0 Å². The van der Waals surface area contributed by atoms with Gasteiger partial charge in [-0.15, -0.1) is 0 Å². The third-order valence-corrected chi connectivity index (χ3v) is 4.61. The number of imide groups is 1. The molecule has 1 saturated heterocycles. The Hall–Kier alpha value is -2.62. The number of nitrogens with zero attached hydrogens (tertiary/aromatic N) is 1. The van der Waals surface area contributed by atoms with Gasteiger partial charge in [-0.1, -0.05) is 36.4 Å². The molecule has 4 heteroatoms. The van der Waals surface area contributed by atoms with Crippen molar-refractivity contribution in [2.24, 2.45) is 0 Å². The summed E-state index contributed by atoms with van der Waals surface area (Å²) in [6.07, 6.45) is 0.181. The second kappa shape index (κ2) is 6.11. The summed E-state index contributed by atoms with van der Waals surface area (Å²) in [7, 11) is 0. The number of nitrogens with one attached hydrogen (secondary N) is 1. The van der Waals surface area contributed by atoms with Crippen molar-refractivity contribution in [2.75, 3.05) is 10.2 Å². The molecule has 0 aliphatic carbocycles. The number of carbonyl (C=O) groups is 2. The molecule has 1 N–H and O–H groups in total. The van der Waals surface area contributed by atoms with Crippen LogP contribution in [0.3, 0.4) is 0 Å². The van der Waals surface area contributed by atoms with Gasteiger partial charge in [-0.05, 0) is 49.9 Å². The van der Waals surface area contributed by atoms with E-state index in [1.54, 1.807) is 0 Å². The first-order valence-corrected chi connectivity index (χ1v) is 8.16. The summed E-state index contributed by atoms with van der Waals surface area (Å²) in [6.45, 7) is 7.85. The fraction of sp³-hybridized carbons (Fsp3) is 0.300. The average molecular weight is 322 g/mol. The van der Waals surface area contributed by atoms with Gasteiger partial charge in [0, 0.05) is 5.69 Å². The zero-order valence-corrected chi connectivity index (χ0v) is 14.5. The Morgan fingerprint density at radius 2 is 1.38 bits per heavy atom. The van der Waals surface area contributed by atoms with E-state index in [4.69, 9.17) is 0 Å². The number of hydrogen-bond donors (Lipinski definition) is 1. The SMILES string of the molecule is Cc1cccc(C)c1NC1CC(=O)N(c2c(C)cccc2C)C1=O. The van der Waals surface area contributed by atoms with Gasteiger partial charge in [0.15, 0.2) is 0 Å². The molecule has 3 rings (SSSR count). The molecule has 1 fully saturated rings. The molecular formula is C20H22N2O2. The zero-order chi connectivity index (χ0) is 17.4. The van der Waals surface area contributed by atoms with Crippen LogP contribution in [0.15, 0.2) is 36.4 Å². The maximum Gasteiger partial charge on any atom is 0.256 e. The maximum atomic E-state index is 12.9. The molecule has 1 aliphatic rings. The highest BCUT2D eigenvalue weighted by Crippen LogP contribution is 2.31. The molecule has 0 spiro atoms. The lowest BCUT2D eigenvalue weighted by Gasteiger charge is -2.21. The molecule has 0 radical (unpaired) electrons. The molecule has 1 unspecified atom stereocenters. The summed E-state index contributed by atoms with van der Waals surface area (Å²) in [6, 6.07) is 11.3. The number of rotatable bonds is 3. The topological polar surface area (TPSA) is 49.4 Å². The Morgan fingerprint density at radius 3 is 1.92 bits per heavy atom. The molecule has 124 valence electrons. The van der Waals surface area contributed by atoms with Crippen molar-refractivity contribution in [2.45, 2.75) is 40.2 Å². The molecule has 4 nitrogen and oxygen atoms in total. The van der Waals surface area contributed by atoms with E-state index in [9.17, 15) is 9.59 Å². The smallest absolute Gasteiger partial charge is 0.256 e. The van der Waals surface area contributed by atoms with Gasteiger partial charge >= 0.3 is 0 Å². The Balaban J connectivity index is 1.93. The molecule has 2 amide bonds. The quantitative estimate of drug-likeness (QED) is 0.877. The van der Waals surface area contributed by atoms with Crippen molar-refractivity contribution < 1.29 is 9.59 Å². The summed E-state index contributed by atoms with van der Waals surface area (Å²) in [5.41, 5.74) is 5.67. The first kappa shape index (κ1) is 16.2. The van der Waals surface area contributed by atoms with E-state index in [-0.39, 0.29) is 18.2 Å². The van der Waals surface area contributed by atoms with Gasteiger partial charge in [-0.3, -0.25) is 9.59 Å². The Bertz CT molecular complexity index is 786. The van der Waals surface area contributed by atoms with Crippen LogP contribution in [0.4, 0.5) is 11.4 Å². The number of carbonyl (C=O) groups excluding carboxylic acids is 2. The summed E-state index contributed by atoms with van der Waals surface area (Å²) < 4.78 is 0. The molecule has 2 aromatic carbocycles. The monoisotopic (exact) mass is 322 g/mol. The van der Waals surface area contributed by atoms with E-state index in [2.05, 4.69) is 5.32 Å². The van der Waals surface area contributed by atoms with Gasteiger partial charge in [0.25, 0.3) is 5.91 Å². The predicted molar refractivity (Wildman–Crippen MR) is 96.4 cm³/mol. The number of anilines is 2. The summed E-state index contributed by atoms with van der Waals surface area (Å²) in [4.78, 5) is 26.8. The minimum Gasteiger partial charge on any atom is -0.373 e. The van der Waals surface area contributed by atoms with Crippen LogP contribution < -0.4 is 10.2 Å². The number of amides is 2. The first-order valence-electron chi connectivity index (χ1n) is 8.16. The molecule has 1 aliphatic heterocycles. The Labute approximate surface area is 142 Å². The van der Waals surface area contributed by atoms with E-state index in [1.807, 2.05) is 64.1 Å². The van der Waals surface area contributed by atoms with Gasteiger partial charge < -0.3 is 5.32 Å². The van der Waals surface area contributed by atoms with Crippen LogP contribution in [0.25, 0.3) is 0 Å². The lowest BCUT2D eigenvalue weighted by molar-refractivity contribution is -0.121. The third kappa shape index (κ3) is 2.68. The van der Waals surface area contributed by atoms with Crippen LogP contribution in [0, 0.1) is 27.7 Å². The molecule has 0 saturated carbocycles. The molecule has 1 heterocycles. The Morgan fingerprint density at radius 1 is 0.875 bits per heavy atom. The number of hydrogen-bond acceptors (Lipinski definition) is 3. The van der Waals surface area contributed by atoms with Gasteiger partial charge in [0.1, 0.15) is 6.04 Å². The summed E-state index contributed by atoms with van der Waals surface area (Å²) >= 11 is 0. The van der Waals surface area contributed by atoms with Crippen molar-refractivity contribution in [1.29, 1.82) is 0 Å². The van der Waals surface area contributed by atoms with Crippen molar-refractivity contribution >= 4 is 23.2 Å². The number of benzene rings is 2. The maximum absolute atomic E-state index is 12.9. The lowest BCUT2D eigenvalue weighted by Crippen LogP contribution is -2.36.